The molecule has 0 fully saturated rings. The summed E-state index contributed by atoms with van der Waals surface area (Å²) < 4.78 is 5.07. The third-order valence-corrected chi connectivity index (χ3v) is 3.95. The van der Waals surface area contributed by atoms with Crippen molar-refractivity contribution in [3.63, 3.8) is 0 Å². The number of hydrogen-bond acceptors (Lipinski definition) is 5. The van der Waals surface area contributed by atoms with Gasteiger partial charge in [0.15, 0.2) is 0 Å². The average molecular weight is 397 g/mol. The first-order valence-electron chi connectivity index (χ1n) is 9.61. The number of amides is 2. The number of benzene rings is 2. The van der Waals surface area contributed by atoms with E-state index in [4.69, 9.17) is 4.74 Å². The highest BCUT2D eigenvalue weighted by Gasteiger charge is 2.09. The Labute approximate surface area is 170 Å². The highest BCUT2D eigenvalue weighted by Crippen LogP contribution is 2.16. The minimum atomic E-state index is -0.379. The molecule has 2 aromatic rings. The molecule has 0 aromatic heterocycles. The molecule has 0 saturated carbocycles. The summed E-state index contributed by atoms with van der Waals surface area (Å²) in [5.74, 6) is -0.794. The van der Waals surface area contributed by atoms with Crippen LogP contribution in [-0.4, -0.2) is 30.9 Å². The molecule has 7 nitrogen and oxygen atoms in total. The molecule has 0 heterocycles. The lowest BCUT2D eigenvalue weighted by atomic mass is 10.2. The van der Waals surface area contributed by atoms with Crippen LogP contribution < -0.4 is 16.0 Å². The molecule has 0 radical (unpaired) electrons. The standard InChI is InChI=1S/C22H27N3O4/c1-4-12-29-22(28)16-8-10-17(11-9-16)24-20(26)14-23-18-6-5-7-19(13-18)25-21(27)15(2)3/h5-11,13,15,23H,4,12,14H2,1-3H3,(H,24,26)(H,25,27). The second-order valence-corrected chi connectivity index (χ2v) is 6.84. The Balaban J connectivity index is 1.85. The summed E-state index contributed by atoms with van der Waals surface area (Å²) in [5, 5.41) is 8.60. The van der Waals surface area contributed by atoms with Gasteiger partial charge in [-0.15, -0.1) is 0 Å². The molecular weight excluding hydrogens is 370 g/mol. The van der Waals surface area contributed by atoms with Crippen LogP contribution in [0, 0.1) is 5.92 Å². The van der Waals surface area contributed by atoms with E-state index in [-0.39, 0.29) is 30.2 Å². The van der Waals surface area contributed by atoms with Gasteiger partial charge in [-0.2, -0.15) is 0 Å². The molecule has 3 N–H and O–H groups in total. The Bertz CT molecular complexity index is 847. The van der Waals surface area contributed by atoms with Crippen molar-refractivity contribution >= 4 is 34.8 Å². The molecular formula is C22H27N3O4. The summed E-state index contributed by atoms with van der Waals surface area (Å²) in [6.07, 6.45) is 0.764. The van der Waals surface area contributed by atoms with E-state index in [1.54, 1.807) is 42.5 Å². The van der Waals surface area contributed by atoms with Crippen molar-refractivity contribution in [2.45, 2.75) is 27.2 Å². The van der Waals surface area contributed by atoms with E-state index in [0.717, 1.165) is 12.1 Å². The zero-order valence-corrected chi connectivity index (χ0v) is 17.0. The lowest BCUT2D eigenvalue weighted by Gasteiger charge is -2.11. The lowest BCUT2D eigenvalue weighted by molar-refractivity contribution is -0.119. The van der Waals surface area contributed by atoms with E-state index in [1.165, 1.54) is 0 Å². The first kappa shape index (κ1) is 21.9. The summed E-state index contributed by atoms with van der Waals surface area (Å²) in [6, 6.07) is 13.7. The molecule has 7 heteroatoms. The van der Waals surface area contributed by atoms with Crippen LogP contribution in [0.15, 0.2) is 48.5 Å². The first-order chi connectivity index (χ1) is 13.9. The maximum atomic E-state index is 12.2. The lowest BCUT2D eigenvalue weighted by Crippen LogP contribution is -2.22. The number of anilines is 3. The molecule has 2 aromatic carbocycles. The summed E-state index contributed by atoms with van der Waals surface area (Å²) in [7, 11) is 0. The van der Waals surface area contributed by atoms with Gasteiger partial charge in [-0.25, -0.2) is 4.79 Å². The molecule has 2 rings (SSSR count). The Morgan fingerprint density at radius 2 is 1.62 bits per heavy atom. The second kappa shape index (κ2) is 10.8. The van der Waals surface area contributed by atoms with Gasteiger partial charge in [0.2, 0.25) is 11.8 Å². The molecule has 0 atom stereocenters. The van der Waals surface area contributed by atoms with E-state index in [1.807, 2.05) is 26.8 Å². The molecule has 29 heavy (non-hydrogen) atoms. The summed E-state index contributed by atoms with van der Waals surface area (Å²) in [4.78, 5) is 35.7. The van der Waals surface area contributed by atoms with Crippen LogP contribution in [0.25, 0.3) is 0 Å². The summed E-state index contributed by atoms with van der Waals surface area (Å²) in [6.45, 7) is 6.01. The van der Waals surface area contributed by atoms with Gasteiger partial charge in [-0.1, -0.05) is 26.8 Å². The highest BCUT2D eigenvalue weighted by molar-refractivity contribution is 5.95. The SMILES string of the molecule is CCCOC(=O)c1ccc(NC(=O)CNc2cccc(NC(=O)C(C)C)c2)cc1. The fraction of sp³-hybridized carbons (Fsp3) is 0.318. The molecule has 154 valence electrons. The Morgan fingerprint density at radius 3 is 2.28 bits per heavy atom. The molecule has 0 bridgehead atoms. The van der Waals surface area contributed by atoms with Gasteiger partial charge < -0.3 is 20.7 Å². The zero-order chi connectivity index (χ0) is 21.2. The van der Waals surface area contributed by atoms with Gasteiger partial charge in [0.25, 0.3) is 0 Å². The van der Waals surface area contributed by atoms with Gasteiger partial charge in [-0.05, 0) is 48.9 Å². The van der Waals surface area contributed by atoms with Crippen molar-refractivity contribution in [2.75, 3.05) is 29.1 Å². The van der Waals surface area contributed by atoms with Gasteiger partial charge >= 0.3 is 5.97 Å². The van der Waals surface area contributed by atoms with E-state index in [2.05, 4.69) is 16.0 Å². The number of hydrogen-bond donors (Lipinski definition) is 3. The molecule has 0 aliphatic heterocycles. The Hall–Kier alpha value is -3.35. The van der Waals surface area contributed by atoms with Crippen LogP contribution in [0.1, 0.15) is 37.6 Å². The first-order valence-corrected chi connectivity index (χ1v) is 9.61. The van der Waals surface area contributed by atoms with E-state index >= 15 is 0 Å². The summed E-state index contributed by atoms with van der Waals surface area (Å²) >= 11 is 0. The number of esters is 1. The minimum Gasteiger partial charge on any atom is -0.462 e. The predicted molar refractivity (Wildman–Crippen MR) is 114 cm³/mol. The van der Waals surface area contributed by atoms with Gasteiger partial charge in [0.1, 0.15) is 0 Å². The molecule has 0 aliphatic rings. The quantitative estimate of drug-likeness (QED) is 0.558. The van der Waals surface area contributed by atoms with Crippen molar-refractivity contribution in [3.8, 4) is 0 Å². The third kappa shape index (κ3) is 7.29. The van der Waals surface area contributed by atoms with Crippen molar-refractivity contribution in [1.29, 1.82) is 0 Å². The van der Waals surface area contributed by atoms with Gasteiger partial charge in [-0.3, -0.25) is 9.59 Å². The summed E-state index contributed by atoms with van der Waals surface area (Å²) in [5.41, 5.74) is 2.41. The smallest absolute Gasteiger partial charge is 0.338 e. The largest absolute Gasteiger partial charge is 0.462 e. The van der Waals surface area contributed by atoms with Crippen molar-refractivity contribution < 1.29 is 19.1 Å². The van der Waals surface area contributed by atoms with Crippen molar-refractivity contribution in [1.82, 2.24) is 0 Å². The van der Waals surface area contributed by atoms with Gasteiger partial charge in [0.05, 0.1) is 18.7 Å². The fourth-order valence-electron chi connectivity index (χ4n) is 2.35. The normalized spacial score (nSPS) is 10.3. The Kier molecular flexibility index (Phi) is 8.21. The number of ether oxygens (including phenoxy) is 1. The van der Waals surface area contributed by atoms with E-state index in [0.29, 0.717) is 23.5 Å². The number of carbonyl (C=O) groups excluding carboxylic acids is 3. The monoisotopic (exact) mass is 397 g/mol. The molecule has 0 aliphatic carbocycles. The zero-order valence-electron chi connectivity index (χ0n) is 17.0. The second-order valence-electron chi connectivity index (χ2n) is 6.84. The number of carbonyl (C=O) groups is 3. The molecule has 0 saturated heterocycles. The molecule has 0 unspecified atom stereocenters. The van der Waals surface area contributed by atoms with Crippen LogP contribution in [0.4, 0.5) is 17.1 Å². The topological polar surface area (TPSA) is 96.5 Å². The molecule has 2 amide bonds. The van der Waals surface area contributed by atoms with E-state index < -0.39 is 0 Å². The third-order valence-electron chi connectivity index (χ3n) is 3.95. The fourth-order valence-corrected chi connectivity index (χ4v) is 2.35. The highest BCUT2D eigenvalue weighted by atomic mass is 16.5. The molecule has 0 spiro atoms. The minimum absolute atomic E-state index is 0.0574. The average Bonchev–Trinajstić information content (AvgIpc) is 2.71. The van der Waals surface area contributed by atoms with Crippen LogP contribution in [0.5, 0.6) is 0 Å². The number of rotatable bonds is 9. The van der Waals surface area contributed by atoms with Crippen LogP contribution in [-0.2, 0) is 14.3 Å². The maximum absolute atomic E-state index is 12.2. The van der Waals surface area contributed by atoms with Crippen LogP contribution >= 0.6 is 0 Å². The van der Waals surface area contributed by atoms with Crippen LogP contribution in [0.3, 0.4) is 0 Å². The Morgan fingerprint density at radius 1 is 0.931 bits per heavy atom. The maximum Gasteiger partial charge on any atom is 0.338 e. The van der Waals surface area contributed by atoms with Crippen LogP contribution in [0.2, 0.25) is 0 Å². The van der Waals surface area contributed by atoms with Crippen molar-refractivity contribution in [3.05, 3.63) is 54.1 Å². The predicted octanol–water partition coefficient (Wildman–Crippen LogP) is 3.90. The number of nitrogens with one attached hydrogen (secondary N) is 3. The van der Waals surface area contributed by atoms with Gasteiger partial charge in [0, 0.05) is 23.0 Å². The van der Waals surface area contributed by atoms with Crippen molar-refractivity contribution in [2.24, 2.45) is 5.92 Å². The van der Waals surface area contributed by atoms with E-state index in [9.17, 15) is 14.4 Å².